The summed E-state index contributed by atoms with van der Waals surface area (Å²) < 4.78 is 10.4. The van der Waals surface area contributed by atoms with Crippen LogP contribution in [0.4, 0.5) is 4.79 Å². The number of carbonyl (C=O) groups is 2. The van der Waals surface area contributed by atoms with Gasteiger partial charge >= 0.3 is 6.09 Å². The lowest BCUT2D eigenvalue weighted by Crippen LogP contribution is -2.50. The Morgan fingerprint density at radius 3 is 2.45 bits per heavy atom. The van der Waals surface area contributed by atoms with E-state index in [1.54, 1.807) is 25.2 Å². The first-order valence-electron chi connectivity index (χ1n) is 12.5. The van der Waals surface area contributed by atoms with Crippen LogP contribution >= 0.6 is 23.2 Å². The Bertz CT molecular complexity index is 905. The van der Waals surface area contributed by atoms with Crippen molar-refractivity contribution in [3.8, 4) is 11.5 Å². The van der Waals surface area contributed by atoms with E-state index >= 15 is 0 Å². The van der Waals surface area contributed by atoms with Crippen molar-refractivity contribution in [1.29, 1.82) is 0 Å². The topological polar surface area (TPSA) is 109 Å². The maximum atomic E-state index is 12.3. The Morgan fingerprint density at radius 2 is 1.82 bits per heavy atom. The third-order valence-corrected chi connectivity index (χ3v) is 5.06. The van der Waals surface area contributed by atoms with Crippen molar-refractivity contribution in [3.63, 3.8) is 0 Å². The van der Waals surface area contributed by atoms with Crippen molar-refractivity contribution in [2.45, 2.75) is 50.1 Å². The molecule has 11 heteroatoms. The summed E-state index contributed by atoms with van der Waals surface area (Å²) in [6.07, 6.45) is 1.17. The minimum atomic E-state index is -0.941. The number of ether oxygens (including phenoxy) is 2. The van der Waals surface area contributed by atoms with Gasteiger partial charge < -0.3 is 30.1 Å². The highest BCUT2D eigenvalue weighted by Gasteiger charge is 2.25. The van der Waals surface area contributed by atoms with Gasteiger partial charge in [-0.05, 0) is 37.5 Å². The van der Waals surface area contributed by atoms with Gasteiger partial charge in [0.1, 0.15) is 17.2 Å². The summed E-state index contributed by atoms with van der Waals surface area (Å²) in [6, 6.07) is 16.2. The van der Waals surface area contributed by atoms with Crippen LogP contribution in [0.5, 0.6) is 11.5 Å². The number of carbonyl (C=O) groups excluding carboxylic acids is 2. The average Bonchev–Trinajstić information content (AvgIpc) is 2.89. The van der Waals surface area contributed by atoms with E-state index in [1.807, 2.05) is 48.5 Å². The highest BCUT2D eigenvalue weighted by atomic mass is 35.5. The molecule has 0 aromatic heterocycles. The second-order valence-corrected chi connectivity index (χ2v) is 9.78. The quantitative estimate of drug-likeness (QED) is 0.119. The number of hydroxylamine groups is 2. The van der Waals surface area contributed by atoms with E-state index in [-0.39, 0.29) is 24.5 Å². The molecule has 3 N–H and O–H groups in total. The Morgan fingerprint density at radius 1 is 1.13 bits per heavy atom. The van der Waals surface area contributed by atoms with Crippen LogP contribution in [0.2, 0.25) is 0 Å². The fourth-order valence-electron chi connectivity index (χ4n) is 3.26. The van der Waals surface area contributed by atoms with Gasteiger partial charge in [0, 0.05) is 12.6 Å². The van der Waals surface area contributed by atoms with Gasteiger partial charge in [0.25, 0.3) is 0 Å². The summed E-state index contributed by atoms with van der Waals surface area (Å²) in [7, 11) is 1.59. The predicted octanol–water partition coefficient (Wildman–Crippen LogP) is 4.35. The number of hydrogen-bond acceptors (Lipinski definition) is 7. The molecule has 2 atom stereocenters. The number of rotatable bonds is 16. The summed E-state index contributed by atoms with van der Waals surface area (Å²) in [5.74, 6) is 1.27. The third-order valence-electron chi connectivity index (χ3n) is 5.06. The molecule has 2 aromatic rings. The lowest BCUT2D eigenvalue weighted by Gasteiger charge is -2.29. The van der Waals surface area contributed by atoms with Gasteiger partial charge in [-0.3, -0.25) is 4.79 Å². The van der Waals surface area contributed by atoms with Gasteiger partial charge in [0.2, 0.25) is 6.41 Å². The molecule has 0 spiro atoms. The molecule has 38 heavy (non-hydrogen) atoms. The lowest BCUT2D eigenvalue weighted by atomic mass is 10.0. The van der Waals surface area contributed by atoms with Gasteiger partial charge in [-0.15, -0.1) is 28.3 Å². The molecule has 0 heterocycles. The van der Waals surface area contributed by atoms with E-state index in [9.17, 15) is 14.7 Å². The van der Waals surface area contributed by atoms with Crippen molar-refractivity contribution >= 4 is 35.7 Å². The zero-order valence-electron chi connectivity index (χ0n) is 22.1. The second kappa shape index (κ2) is 20.3. The molecule has 0 aliphatic heterocycles. The van der Waals surface area contributed by atoms with Crippen LogP contribution in [-0.4, -0.2) is 73.0 Å². The Kier molecular flexibility index (Phi) is 17.8. The second-order valence-electron chi connectivity index (χ2n) is 8.25. The molecule has 2 aromatic carbocycles. The molecule has 0 bridgehead atoms. The maximum absolute atomic E-state index is 12.3. The number of halogens is 2. The number of benzene rings is 2. The van der Waals surface area contributed by atoms with Crippen LogP contribution in [0.15, 0.2) is 54.6 Å². The van der Waals surface area contributed by atoms with E-state index in [4.69, 9.17) is 37.5 Å². The average molecular weight is 573 g/mol. The fraction of sp³-hybridized carbons (Fsp3) is 0.481. The van der Waals surface area contributed by atoms with Crippen LogP contribution in [0.3, 0.4) is 0 Å². The molecule has 2 rings (SSSR count). The number of unbranched alkanes of at least 4 members (excludes halogenated alkanes) is 1. The summed E-state index contributed by atoms with van der Waals surface area (Å²) in [5.41, 5.74) is 0.961. The van der Waals surface area contributed by atoms with Crippen molar-refractivity contribution < 1.29 is 29.0 Å². The number of amides is 2. The summed E-state index contributed by atoms with van der Waals surface area (Å²) in [6.45, 7) is 4.78. The Balaban J connectivity index is 0.00000168. The molecule has 0 aliphatic carbocycles. The van der Waals surface area contributed by atoms with Gasteiger partial charge in [0.05, 0.1) is 32.3 Å². The summed E-state index contributed by atoms with van der Waals surface area (Å²) >= 11 is 10.1. The molecular weight excluding hydrogens is 533 g/mol. The number of methoxy groups -OCH3 is 1. The number of aliphatic hydroxyl groups excluding tert-OH is 1. The maximum Gasteiger partial charge on any atom is 0.407 e. The number of nitrogens with zero attached hydrogens (tertiary/aromatic N) is 1. The van der Waals surface area contributed by atoms with E-state index in [0.29, 0.717) is 30.9 Å². The number of nitrogens with one attached hydrogen (secondary N) is 2. The van der Waals surface area contributed by atoms with Crippen LogP contribution in [0.25, 0.3) is 0 Å². The first-order chi connectivity index (χ1) is 18.3. The molecular formula is C27H39Cl2N3O6. The minimum absolute atomic E-state index is 0.0281. The lowest BCUT2D eigenvalue weighted by molar-refractivity contribution is -0.109. The van der Waals surface area contributed by atoms with E-state index in [1.165, 1.54) is 0 Å². The van der Waals surface area contributed by atoms with E-state index < -0.39 is 18.2 Å². The van der Waals surface area contributed by atoms with Crippen LogP contribution < -0.4 is 20.2 Å². The Hall–Kier alpha value is -2.72. The van der Waals surface area contributed by atoms with Gasteiger partial charge in [0.15, 0.2) is 5.75 Å². The molecule has 9 nitrogen and oxygen atoms in total. The molecule has 0 radical (unpaired) electrons. The normalized spacial score (nSPS) is 12.1. The predicted molar refractivity (Wildman–Crippen MR) is 150 cm³/mol. The van der Waals surface area contributed by atoms with Crippen LogP contribution in [-0.2, 0) is 16.0 Å². The van der Waals surface area contributed by atoms with Crippen LogP contribution in [0.1, 0.15) is 32.3 Å². The largest absolute Gasteiger partial charge is 0.497 e. The fourth-order valence-corrected chi connectivity index (χ4v) is 3.26. The first-order valence-corrected chi connectivity index (χ1v) is 13.3. The van der Waals surface area contributed by atoms with Crippen LogP contribution in [0, 0.1) is 0 Å². The SMILES string of the molecule is CC(Cl)Cl.CCCCN(CC(O)C(Cc1ccccc1)NC(=O)OCCNC=O)Oc1cccc(OC)c1. The molecule has 0 saturated heterocycles. The van der Waals surface area contributed by atoms with Crippen molar-refractivity contribution in [2.24, 2.45) is 0 Å². The third kappa shape index (κ3) is 15.5. The number of aliphatic hydroxyl groups is 1. The minimum Gasteiger partial charge on any atom is -0.497 e. The first kappa shape index (κ1) is 33.3. The smallest absolute Gasteiger partial charge is 0.407 e. The van der Waals surface area contributed by atoms with Gasteiger partial charge in [-0.1, -0.05) is 49.7 Å². The standard InChI is InChI=1S/C25H35N3O6.C2H4Cl2/c1-3-4-14-28(34-22-12-8-11-21(17-22)32-2)18-24(30)23(16-20-9-6-5-7-10-20)27-25(31)33-15-13-26-19-29;1-2(3)4/h5-12,17,19,23-24,30H,3-4,13-16,18H2,1-2H3,(H,26,29)(H,27,31);2H,1H3. The zero-order chi connectivity index (χ0) is 28.2. The summed E-state index contributed by atoms with van der Waals surface area (Å²) in [5, 5.41) is 18.0. The van der Waals surface area contributed by atoms with Gasteiger partial charge in [-0.25, -0.2) is 4.79 Å². The summed E-state index contributed by atoms with van der Waals surface area (Å²) in [4.78, 5) is 28.5. The van der Waals surface area contributed by atoms with Crippen molar-refractivity contribution in [2.75, 3.05) is 33.4 Å². The van der Waals surface area contributed by atoms with Gasteiger partial charge in [-0.2, -0.15) is 0 Å². The number of alkyl carbamates (subject to hydrolysis) is 1. The molecule has 2 unspecified atom stereocenters. The highest BCUT2D eigenvalue weighted by molar-refractivity contribution is 6.43. The van der Waals surface area contributed by atoms with Crippen molar-refractivity contribution in [3.05, 3.63) is 60.2 Å². The molecule has 0 aliphatic rings. The molecule has 0 saturated carbocycles. The Labute approximate surface area is 235 Å². The molecule has 212 valence electrons. The number of alkyl halides is 2. The number of hydrogen-bond donors (Lipinski definition) is 3. The highest BCUT2D eigenvalue weighted by Crippen LogP contribution is 2.20. The van der Waals surface area contributed by atoms with Crippen molar-refractivity contribution in [1.82, 2.24) is 15.7 Å². The molecule has 2 amide bonds. The monoisotopic (exact) mass is 571 g/mol. The zero-order valence-corrected chi connectivity index (χ0v) is 23.7. The van der Waals surface area contributed by atoms with E-state index in [0.717, 1.165) is 18.4 Å². The van der Waals surface area contributed by atoms with E-state index in [2.05, 4.69) is 17.6 Å². The molecule has 0 fully saturated rings.